The highest BCUT2D eigenvalue weighted by Gasteiger charge is 2.41. The van der Waals surface area contributed by atoms with Gasteiger partial charge in [0.05, 0.1) is 12.6 Å². The summed E-state index contributed by atoms with van der Waals surface area (Å²) < 4.78 is 16.3. The number of fused-ring (bicyclic) bond motifs is 3. The molecule has 3 fully saturated rings. The first-order valence-corrected chi connectivity index (χ1v) is 11.5. The first-order chi connectivity index (χ1) is 15.5. The van der Waals surface area contributed by atoms with Crippen LogP contribution in [0.4, 0.5) is 4.79 Å². The highest BCUT2D eigenvalue weighted by molar-refractivity contribution is 5.71. The van der Waals surface area contributed by atoms with Crippen LogP contribution in [0.3, 0.4) is 0 Å². The first-order valence-electron chi connectivity index (χ1n) is 11.5. The summed E-state index contributed by atoms with van der Waals surface area (Å²) in [7, 11) is 1.65. The van der Waals surface area contributed by atoms with Gasteiger partial charge in [0.25, 0.3) is 0 Å². The Bertz CT molecular complexity index is 877. The quantitative estimate of drug-likeness (QED) is 0.578. The van der Waals surface area contributed by atoms with E-state index >= 15 is 0 Å². The molecule has 3 aliphatic rings. The van der Waals surface area contributed by atoms with Crippen molar-refractivity contribution in [3.8, 4) is 22.8 Å². The van der Waals surface area contributed by atoms with E-state index in [0.717, 1.165) is 49.4 Å². The van der Waals surface area contributed by atoms with E-state index in [-0.39, 0.29) is 18.2 Å². The summed E-state index contributed by atoms with van der Waals surface area (Å²) >= 11 is 0. The van der Waals surface area contributed by atoms with E-state index in [1.54, 1.807) is 19.4 Å². The van der Waals surface area contributed by atoms with Gasteiger partial charge in [-0.1, -0.05) is 12.1 Å². The summed E-state index contributed by atoms with van der Waals surface area (Å²) in [6.07, 6.45) is 3.74. The van der Waals surface area contributed by atoms with E-state index in [2.05, 4.69) is 23.7 Å². The number of piperidine rings is 3. The van der Waals surface area contributed by atoms with Gasteiger partial charge in [-0.05, 0) is 69.5 Å². The van der Waals surface area contributed by atoms with Gasteiger partial charge in [0.2, 0.25) is 5.88 Å². The standard InChI is InChI=1S/C25H33N3O4/c1-18(2)28(23-17-27-12-10-20(23)11-13-27)25(29)32-24-9-6-21(16-26-24)19-4-7-22(8-5-19)31-15-14-30-3/h4-9,16,18,20,23H,10-15,17H2,1-3H3. The van der Waals surface area contributed by atoms with E-state index in [0.29, 0.717) is 25.0 Å². The van der Waals surface area contributed by atoms with Crippen molar-refractivity contribution in [2.75, 3.05) is 40.0 Å². The number of carbonyl (C=O) groups excluding carboxylic acids is 1. The lowest BCUT2D eigenvalue weighted by atomic mass is 9.83. The molecule has 1 atom stereocenters. The van der Waals surface area contributed by atoms with Crippen LogP contribution in [0.5, 0.6) is 11.6 Å². The molecule has 5 rings (SSSR count). The third kappa shape index (κ3) is 5.22. The molecule has 1 aromatic heterocycles. The molecule has 3 aliphatic heterocycles. The Morgan fingerprint density at radius 1 is 1.09 bits per heavy atom. The molecule has 0 radical (unpaired) electrons. The second kappa shape index (κ2) is 10.3. The molecule has 4 heterocycles. The predicted octanol–water partition coefficient (Wildman–Crippen LogP) is 4.08. The number of benzene rings is 1. The number of hydrogen-bond donors (Lipinski definition) is 0. The zero-order valence-electron chi connectivity index (χ0n) is 19.2. The fraction of sp³-hybridized carbons (Fsp3) is 0.520. The predicted molar refractivity (Wildman–Crippen MR) is 123 cm³/mol. The lowest BCUT2D eigenvalue weighted by Gasteiger charge is -2.49. The second-order valence-electron chi connectivity index (χ2n) is 8.83. The minimum atomic E-state index is -0.309. The van der Waals surface area contributed by atoms with Gasteiger partial charge in [-0.2, -0.15) is 0 Å². The highest BCUT2D eigenvalue weighted by atomic mass is 16.6. The Balaban J connectivity index is 1.38. The summed E-state index contributed by atoms with van der Waals surface area (Å²) in [5.74, 6) is 1.68. The van der Waals surface area contributed by atoms with E-state index < -0.39 is 0 Å². The molecule has 1 amide bonds. The Hall–Kier alpha value is -2.64. The number of nitrogens with zero attached hydrogens (tertiary/aromatic N) is 3. The number of aromatic nitrogens is 1. The third-order valence-electron chi connectivity index (χ3n) is 6.42. The van der Waals surface area contributed by atoms with Crippen LogP contribution in [0.2, 0.25) is 0 Å². The molecule has 2 bridgehead atoms. The second-order valence-corrected chi connectivity index (χ2v) is 8.83. The molecule has 7 heteroatoms. The lowest BCUT2D eigenvalue weighted by Crippen LogP contribution is -2.60. The van der Waals surface area contributed by atoms with Gasteiger partial charge in [0.1, 0.15) is 12.4 Å². The van der Waals surface area contributed by atoms with Crippen molar-refractivity contribution in [3.63, 3.8) is 0 Å². The average molecular weight is 440 g/mol. The molecule has 1 unspecified atom stereocenters. The van der Waals surface area contributed by atoms with Crippen molar-refractivity contribution in [2.45, 2.75) is 38.8 Å². The number of pyridine rings is 1. The van der Waals surface area contributed by atoms with E-state index in [9.17, 15) is 4.79 Å². The van der Waals surface area contributed by atoms with Gasteiger partial charge in [0.15, 0.2) is 0 Å². The molecule has 2 aromatic rings. The summed E-state index contributed by atoms with van der Waals surface area (Å²) in [6, 6.07) is 11.8. The normalized spacial score (nSPS) is 22.1. The van der Waals surface area contributed by atoms with Crippen molar-refractivity contribution in [1.29, 1.82) is 0 Å². The van der Waals surface area contributed by atoms with Crippen molar-refractivity contribution in [2.24, 2.45) is 5.92 Å². The molecule has 32 heavy (non-hydrogen) atoms. The van der Waals surface area contributed by atoms with Crippen LogP contribution in [-0.4, -0.2) is 72.9 Å². The summed E-state index contributed by atoms with van der Waals surface area (Å²) in [5.41, 5.74) is 1.97. The van der Waals surface area contributed by atoms with Gasteiger partial charge in [-0.25, -0.2) is 9.78 Å². The number of rotatable bonds is 8. The Morgan fingerprint density at radius 2 is 1.81 bits per heavy atom. The molecular weight excluding hydrogens is 406 g/mol. The summed E-state index contributed by atoms with van der Waals surface area (Å²) in [4.78, 5) is 21.8. The van der Waals surface area contributed by atoms with E-state index in [1.807, 2.05) is 35.2 Å². The van der Waals surface area contributed by atoms with Crippen LogP contribution in [-0.2, 0) is 4.74 Å². The molecule has 0 spiro atoms. The topological polar surface area (TPSA) is 64.1 Å². The van der Waals surface area contributed by atoms with Crippen LogP contribution in [0, 0.1) is 5.92 Å². The van der Waals surface area contributed by atoms with Crippen molar-refractivity contribution in [3.05, 3.63) is 42.6 Å². The molecule has 3 saturated heterocycles. The Morgan fingerprint density at radius 3 is 2.38 bits per heavy atom. The van der Waals surface area contributed by atoms with Crippen LogP contribution in [0.1, 0.15) is 26.7 Å². The Kier molecular flexibility index (Phi) is 7.27. The van der Waals surface area contributed by atoms with Gasteiger partial charge >= 0.3 is 6.09 Å². The van der Waals surface area contributed by atoms with Crippen LogP contribution >= 0.6 is 0 Å². The van der Waals surface area contributed by atoms with Gasteiger partial charge in [-0.15, -0.1) is 0 Å². The fourth-order valence-electron chi connectivity index (χ4n) is 4.72. The van der Waals surface area contributed by atoms with Crippen LogP contribution < -0.4 is 9.47 Å². The number of carbonyl (C=O) groups is 1. The number of methoxy groups -OCH3 is 1. The zero-order valence-corrected chi connectivity index (χ0v) is 19.2. The minimum absolute atomic E-state index is 0.0805. The molecule has 0 N–H and O–H groups in total. The molecule has 1 aromatic carbocycles. The molecule has 172 valence electrons. The highest BCUT2D eigenvalue weighted by Crippen LogP contribution is 2.32. The maximum atomic E-state index is 13.1. The average Bonchev–Trinajstić information content (AvgIpc) is 2.81. The lowest BCUT2D eigenvalue weighted by molar-refractivity contribution is 0.00102. The number of ether oxygens (including phenoxy) is 3. The van der Waals surface area contributed by atoms with Crippen molar-refractivity contribution >= 4 is 6.09 Å². The van der Waals surface area contributed by atoms with Crippen LogP contribution in [0.25, 0.3) is 11.1 Å². The number of hydrogen-bond acceptors (Lipinski definition) is 6. The van der Waals surface area contributed by atoms with Crippen molar-refractivity contribution in [1.82, 2.24) is 14.8 Å². The monoisotopic (exact) mass is 439 g/mol. The molecule has 0 aliphatic carbocycles. The van der Waals surface area contributed by atoms with E-state index in [1.165, 1.54) is 0 Å². The van der Waals surface area contributed by atoms with Crippen LogP contribution in [0.15, 0.2) is 42.6 Å². The van der Waals surface area contributed by atoms with Gasteiger partial charge in [-0.3, -0.25) is 0 Å². The molecule has 7 nitrogen and oxygen atoms in total. The summed E-state index contributed by atoms with van der Waals surface area (Å²) in [6.45, 7) is 8.41. The largest absolute Gasteiger partial charge is 0.491 e. The Labute approximate surface area is 190 Å². The third-order valence-corrected chi connectivity index (χ3v) is 6.42. The van der Waals surface area contributed by atoms with Gasteiger partial charge in [0, 0.05) is 37.5 Å². The zero-order chi connectivity index (χ0) is 22.5. The summed E-state index contributed by atoms with van der Waals surface area (Å²) in [5, 5.41) is 0. The maximum absolute atomic E-state index is 13.1. The minimum Gasteiger partial charge on any atom is -0.491 e. The smallest absolute Gasteiger partial charge is 0.417 e. The number of amides is 1. The molecule has 0 saturated carbocycles. The molecular formula is C25H33N3O4. The SMILES string of the molecule is COCCOc1ccc(-c2ccc(OC(=O)N(C(C)C)C3CN4CCC3CC4)nc2)cc1. The first kappa shape index (κ1) is 22.6. The van der Waals surface area contributed by atoms with Gasteiger partial charge < -0.3 is 24.0 Å². The van der Waals surface area contributed by atoms with Crippen molar-refractivity contribution < 1.29 is 19.0 Å². The fourth-order valence-corrected chi connectivity index (χ4v) is 4.72. The van der Waals surface area contributed by atoms with E-state index in [4.69, 9.17) is 14.2 Å². The maximum Gasteiger partial charge on any atom is 0.417 e.